The molecule has 6 heteroatoms. The second-order valence-corrected chi connectivity index (χ2v) is 3.49. The minimum atomic E-state index is -0.945. The van der Waals surface area contributed by atoms with Crippen LogP contribution in [0.3, 0.4) is 0 Å². The maximum absolute atomic E-state index is 9.80. The van der Waals surface area contributed by atoms with Gasteiger partial charge in [-0.25, -0.2) is 9.97 Å². The lowest BCUT2D eigenvalue weighted by Crippen LogP contribution is -2.23. The molecule has 0 aliphatic carbocycles. The molecular formula is C10H18N4O2. The van der Waals surface area contributed by atoms with E-state index >= 15 is 0 Å². The number of hydrogen-bond acceptors (Lipinski definition) is 6. The van der Waals surface area contributed by atoms with Crippen molar-refractivity contribution in [2.45, 2.75) is 18.6 Å². The summed E-state index contributed by atoms with van der Waals surface area (Å²) in [7, 11) is 3.51. The number of hydrogen-bond donors (Lipinski definition) is 4. The smallest absolute Gasteiger partial charge is 0.222 e. The van der Waals surface area contributed by atoms with Crippen molar-refractivity contribution in [3.63, 3.8) is 0 Å². The number of rotatable bonds is 6. The first-order valence-corrected chi connectivity index (χ1v) is 5.19. The predicted molar refractivity (Wildman–Crippen MR) is 61.1 cm³/mol. The van der Waals surface area contributed by atoms with Gasteiger partial charge in [-0.2, -0.15) is 0 Å². The number of aromatic nitrogens is 2. The third kappa shape index (κ3) is 3.41. The van der Waals surface area contributed by atoms with Crippen LogP contribution in [0, 0.1) is 0 Å². The van der Waals surface area contributed by atoms with Crippen molar-refractivity contribution in [1.29, 1.82) is 0 Å². The van der Waals surface area contributed by atoms with Crippen molar-refractivity contribution >= 4 is 5.95 Å². The Bertz CT molecular complexity index is 304. The van der Waals surface area contributed by atoms with Gasteiger partial charge in [-0.05, 0) is 20.0 Å². The molecule has 2 unspecified atom stereocenters. The van der Waals surface area contributed by atoms with E-state index in [4.69, 9.17) is 0 Å². The highest BCUT2D eigenvalue weighted by Crippen LogP contribution is 2.17. The van der Waals surface area contributed by atoms with Crippen molar-refractivity contribution in [2.24, 2.45) is 0 Å². The molecule has 0 aliphatic rings. The van der Waals surface area contributed by atoms with Crippen molar-refractivity contribution < 1.29 is 10.2 Å². The second kappa shape index (κ2) is 6.37. The van der Waals surface area contributed by atoms with E-state index in [9.17, 15) is 10.2 Å². The van der Waals surface area contributed by atoms with Gasteiger partial charge in [-0.3, -0.25) is 0 Å². The quantitative estimate of drug-likeness (QED) is 0.524. The van der Waals surface area contributed by atoms with E-state index in [1.807, 2.05) is 0 Å². The summed E-state index contributed by atoms with van der Waals surface area (Å²) in [5, 5.41) is 25.2. The van der Waals surface area contributed by atoms with Crippen LogP contribution in [0.1, 0.15) is 18.1 Å². The molecule has 1 heterocycles. The first-order chi connectivity index (χ1) is 7.69. The fraction of sp³-hybridized carbons (Fsp3) is 0.600. The van der Waals surface area contributed by atoms with Gasteiger partial charge in [0.05, 0.1) is 6.10 Å². The third-order valence-corrected chi connectivity index (χ3v) is 2.29. The molecule has 0 radical (unpaired) electrons. The molecule has 90 valence electrons. The van der Waals surface area contributed by atoms with Gasteiger partial charge in [-0.1, -0.05) is 0 Å². The van der Waals surface area contributed by atoms with Gasteiger partial charge in [0.25, 0.3) is 0 Å². The van der Waals surface area contributed by atoms with Crippen molar-refractivity contribution in [3.8, 4) is 0 Å². The number of nitrogens with one attached hydrogen (secondary N) is 2. The number of anilines is 1. The lowest BCUT2D eigenvalue weighted by Gasteiger charge is -2.17. The van der Waals surface area contributed by atoms with E-state index in [1.165, 1.54) is 12.4 Å². The van der Waals surface area contributed by atoms with Crippen LogP contribution in [-0.2, 0) is 0 Å². The molecule has 0 fully saturated rings. The summed E-state index contributed by atoms with van der Waals surface area (Å²) >= 11 is 0. The Labute approximate surface area is 94.7 Å². The summed E-state index contributed by atoms with van der Waals surface area (Å²) in [6, 6.07) is 0. The zero-order chi connectivity index (χ0) is 12.0. The minimum Gasteiger partial charge on any atom is -0.390 e. The van der Waals surface area contributed by atoms with Crippen LogP contribution in [0.4, 0.5) is 5.95 Å². The Kier molecular flexibility index (Phi) is 5.10. The largest absolute Gasteiger partial charge is 0.390 e. The van der Waals surface area contributed by atoms with Gasteiger partial charge in [0.15, 0.2) is 0 Å². The Hall–Kier alpha value is -1.24. The molecule has 0 amide bonds. The second-order valence-electron chi connectivity index (χ2n) is 3.49. The van der Waals surface area contributed by atoms with Gasteiger partial charge in [-0.15, -0.1) is 0 Å². The van der Waals surface area contributed by atoms with E-state index in [-0.39, 0.29) is 0 Å². The summed E-state index contributed by atoms with van der Waals surface area (Å²) in [5.41, 5.74) is 0.516. The monoisotopic (exact) mass is 226 g/mol. The van der Waals surface area contributed by atoms with E-state index in [0.29, 0.717) is 24.5 Å². The topological polar surface area (TPSA) is 90.3 Å². The summed E-state index contributed by atoms with van der Waals surface area (Å²) in [6.45, 7) is 0.647. The first kappa shape index (κ1) is 12.8. The molecule has 2 atom stereocenters. The van der Waals surface area contributed by atoms with Crippen LogP contribution >= 0.6 is 0 Å². The van der Waals surface area contributed by atoms with Crippen LogP contribution in [-0.4, -0.2) is 46.9 Å². The summed E-state index contributed by atoms with van der Waals surface area (Å²) < 4.78 is 0. The Morgan fingerprint density at radius 1 is 1.25 bits per heavy atom. The van der Waals surface area contributed by atoms with Crippen molar-refractivity contribution in [2.75, 3.05) is 26.0 Å². The molecule has 16 heavy (non-hydrogen) atoms. The van der Waals surface area contributed by atoms with Gasteiger partial charge < -0.3 is 20.8 Å². The molecule has 1 rings (SSSR count). The van der Waals surface area contributed by atoms with Crippen LogP contribution in [0.5, 0.6) is 0 Å². The SMILES string of the molecule is CNCCC(O)C(O)c1cnc(NC)nc1. The Morgan fingerprint density at radius 3 is 2.38 bits per heavy atom. The van der Waals surface area contributed by atoms with Crippen molar-refractivity contribution in [1.82, 2.24) is 15.3 Å². The molecule has 0 bridgehead atoms. The molecule has 1 aromatic heterocycles. The molecule has 4 N–H and O–H groups in total. The molecule has 6 nitrogen and oxygen atoms in total. The standard InChI is InChI=1S/C10H18N4O2/c1-11-4-3-8(15)9(16)7-5-13-10(12-2)14-6-7/h5-6,8-9,11,15-16H,3-4H2,1-2H3,(H,12,13,14). The third-order valence-electron chi connectivity index (χ3n) is 2.29. The fourth-order valence-electron chi connectivity index (χ4n) is 1.29. The van der Waals surface area contributed by atoms with E-state index in [2.05, 4.69) is 20.6 Å². The number of aliphatic hydroxyl groups is 2. The molecule has 0 aromatic carbocycles. The average molecular weight is 226 g/mol. The van der Waals surface area contributed by atoms with Crippen molar-refractivity contribution in [3.05, 3.63) is 18.0 Å². The molecular weight excluding hydrogens is 208 g/mol. The highest BCUT2D eigenvalue weighted by Gasteiger charge is 2.18. The van der Waals surface area contributed by atoms with Crippen LogP contribution < -0.4 is 10.6 Å². The van der Waals surface area contributed by atoms with Gasteiger partial charge in [0.1, 0.15) is 6.10 Å². The average Bonchev–Trinajstić information content (AvgIpc) is 2.35. The maximum Gasteiger partial charge on any atom is 0.222 e. The predicted octanol–water partition coefficient (Wildman–Crippen LogP) is -0.478. The summed E-state index contributed by atoms with van der Waals surface area (Å²) in [4.78, 5) is 7.94. The highest BCUT2D eigenvalue weighted by atomic mass is 16.3. The van der Waals surface area contributed by atoms with Crippen LogP contribution in [0.2, 0.25) is 0 Å². The van der Waals surface area contributed by atoms with Crippen LogP contribution in [0.15, 0.2) is 12.4 Å². The summed E-state index contributed by atoms with van der Waals surface area (Å²) in [5.74, 6) is 0.487. The highest BCUT2D eigenvalue weighted by molar-refractivity contribution is 5.24. The molecule has 1 aromatic rings. The first-order valence-electron chi connectivity index (χ1n) is 5.19. The van der Waals surface area contributed by atoms with Crippen LogP contribution in [0.25, 0.3) is 0 Å². The molecule has 0 spiro atoms. The van der Waals surface area contributed by atoms with Gasteiger partial charge in [0.2, 0.25) is 5.95 Å². The minimum absolute atomic E-state index is 0.478. The Balaban J connectivity index is 2.60. The normalized spacial score (nSPS) is 14.5. The van der Waals surface area contributed by atoms with Gasteiger partial charge >= 0.3 is 0 Å². The maximum atomic E-state index is 9.80. The molecule has 0 saturated heterocycles. The van der Waals surface area contributed by atoms with E-state index in [1.54, 1.807) is 14.1 Å². The molecule has 0 aliphatic heterocycles. The zero-order valence-electron chi connectivity index (χ0n) is 9.51. The number of aliphatic hydroxyl groups excluding tert-OH is 2. The van der Waals surface area contributed by atoms with E-state index in [0.717, 1.165) is 0 Å². The van der Waals surface area contributed by atoms with Gasteiger partial charge in [0, 0.05) is 25.0 Å². The fourth-order valence-corrected chi connectivity index (χ4v) is 1.29. The lowest BCUT2D eigenvalue weighted by molar-refractivity contribution is 0.0136. The molecule has 0 saturated carbocycles. The summed E-state index contributed by atoms with van der Waals surface area (Å²) in [6.07, 6.45) is 1.74. The number of nitrogens with zero attached hydrogens (tertiary/aromatic N) is 2. The van der Waals surface area contributed by atoms with E-state index < -0.39 is 12.2 Å². The lowest BCUT2D eigenvalue weighted by atomic mass is 10.1. The Morgan fingerprint density at radius 2 is 1.88 bits per heavy atom. The zero-order valence-corrected chi connectivity index (χ0v) is 9.51.